The van der Waals surface area contributed by atoms with E-state index in [1.54, 1.807) is 9.80 Å². The molecule has 0 aromatic heterocycles. The number of benzene rings is 1. The van der Waals surface area contributed by atoms with Crippen LogP contribution in [0.3, 0.4) is 0 Å². The van der Waals surface area contributed by atoms with Gasteiger partial charge in [0, 0.05) is 24.8 Å². The molecule has 1 spiro atoms. The first-order valence-electron chi connectivity index (χ1n) is 15.4. The van der Waals surface area contributed by atoms with Gasteiger partial charge in [0.1, 0.15) is 11.6 Å². The van der Waals surface area contributed by atoms with Crippen molar-refractivity contribution in [3.05, 3.63) is 54.6 Å². The molecule has 41 heavy (non-hydrogen) atoms. The Kier molecular flexibility index (Phi) is 7.35. The van der Waals surface area contributed by atoms with Crippen LogP contribution in [0.25, 0.3) is 0 Å². The summed E-state index contributed by atoms with van der Waals surface area (Å²) in [7, 11) is 0. The zero-order chi connectivity index (χ0) is 28.9. The summed E-state index contributed by atoms with van der Waals surface area (Å²) in [4.78, 5) is 49.2. The maximum Gasteiger partial charge on any atom is 0.249 e. The summed E-state index contributed by atoms with van der Waals surface area (Å²) < 4.78 is 6.99. The fourth-order valence-corrected chi connectivity index (χ4v) is 8.21. The Labute approximate surface area is 243 Å². The summed E-state index contributed by atoms with van der Waals surface area (Å²) in [5, 5.41) is 10.6. The van der Waals surface area contributed by atoms with Crippen molar-refractivity contribution in [3.8, 4) is 0 Å². The highest BCUT2D eigenvalue weighted by atomic mass is 16.5. The first-order valence-corrected chi connectivity index (χ1v) is 15.4. The molecule has 8 heteroatoms. The number of rotatable bonds is 6. The molecule has 2 saturated heterocycles. The minimum Gasteiger partial charge on any atom is -0.394 e. The van der Waals surface area contributed by atoms with Crippen LogP contribution >= 0.6 is 0 Å². The van der Waals surface area contributed by atoms with E-state index in [1.807, 2.05) is 80.3 Å². The fraction of sp³-hybridized carbons (Fsp3) is 0.606. The Bertz CT molecular complexity index is 1240. The van der Waals surface area contributed by atoms with Crippen molar-refractivity contribution in [2.24, 2.45) is 17.8 Å². The molecule has 1 aromatic carbocycles. The highest BCUT2D eigenvalue weighted by Crippen LogP contribution is 2.58. The number of likely N-dealkylation sites (tertiary alicyclic amines) is 1. The average molecular weight is 562 g/mol. The summed E-state index contributed by atoms with van der Waals surface area (Å²) in [5.41, 5.74) is -1.62. The van der Waals surface area contributed by atoms with Crippen LogP contribution in [0.5, 0.6) is 0 Å². The van der Waals surface area contributed by atoms with Gasteiger partial charge in [-0.15, -0.1) is 0 Å². The predicted molar refractivity (Wildman–Crippen MR) is 156 cm³/mol. The van der Waals surface area contributed by atoms with E-state index >= 15 is 0 Å². The van der Waals surface area contributed by atoms with E-state index in [2.05, 4.69) is 0 Å². The van der Waals surface area contributed by atoms with Crippen molar-refractivity contribution in [1.82, 2.24) is 9.80 Å². The second-order valence-electron chi connectivity index (χ2n) is 12.7. The topological polar surface area (TPSA) is 90.4 Å². The summed E-state index contributed by atoms with van der Waals surface area (Å²) in [6.07, 6.45) is 13.7. The van der Waals surface area contributed by atoms with Crippen LogP contribution in [0, 0.1) is 17.8 Å². The normalized spacial score (nSPS) is 35.2. The van der Waals surface area contributed by atoms with Crippen molar-refractivity contribution in [2.45, 2.75) is 88.6 Å². The second kappa shape index (κ2) is 10.7. The Balaban J connectivity index is 1.48. The average Bonchev–Trinajstić information content (AvgIpc) is 3.25. The summed E-state index contributed by atoms with van der Waals surface area (Å²) >= 11 is 0. The molecule has 0 bridgehead atoms. The van der Waals surface area contributed by atoms with Crippen LogP contribution in [-0.4, -0.2) is 81.7 Å². The standard InChI is InChI=1S/C33H43N3O5/c1-4-22(2)25(21-37)36-28-31(40)35(24-15-9-6-10-16-24)20-12-18-33(28)27(30(36)39)26-29(38)34(23-13-7-5-8-14-23)19-11-17-32(26,3)41-33/h5,7-8,11-14,17-18,22,24-28,37H,4,6,9-10,15-16,19-21H2,1-3H3/t22-,25-,26+,27-,28?,32-,33-/m0/s1. The SMILES string of the molecule is CC[C@H](C)[C@H](CO)N1C(=O)[C@@H]2[C@@H]3C(=O)N(c4ccccc4)CC=C[C@]3(C)O[C@@]23C=CCN(C2CCCCC2)C(=O)C13. The molecule has 8 nitrogen and oxygen atoms in total. The van der Waals surface area contributed by atoms with Gasteiger partial charge in [-0.05, 0) is 37.8 Å². The van der Waals surface area contributed by atoms with Crippen LogP contribution in [0.2, 0.25) is 0 Å². The van der Waals surface area contributed by atoms with Gasteiger partial charge in [0.25, 0.3) is 0 Å². The molecule has 4 heterocycles. The monoisotopic (exact) mass is 561 g/mol. The van der Waals surface area contributed by atoms with Crippen molar-refractivity contribution >= 4 is 23.4 Å². The van der Waals surface area contributed by atoms with Crippen molar-refractivity contribution in [3.63, 3.8) is 0 Å². The zero-order valence-corrected chi connectivity index (χ0v) is 24.4. The van der Waals surface area contributed by atoms with E-state index in [-0.39, 0.29) is 36.3 Å². The third-order valence-corrected chi connectivity index (χ3v) is 10.5. The zero-order valence-electron chi connectivity index (χ0n) is 24.4. The third kappa shape index (κ3) is 4.28. The van der Waals surface area contributed by atoms with Crippen LogP contribution < -0.4 is 4.90 Å². The number of para-hydroxylation sites is 1. The summed E-state index contributed by atoms with van der Waals surface area (Å²) in [6.45, 7) is 6.48. The lowest BCUT2D eigenvalue weighted by atomic mass is 9.74. The number of aliphatic hydroxyl groups is 1. The minimum absolute atomic E-state index is 0.0417. The first-order chi connectivity index (χ1) is 19.8. The minimum atomic E-state index is -1.31. The molecule has 1 aliphatic carbocycles. The Morgan fingerprint density at radius 3 is 2.34 bits per heavy atom. The number of amides is 3. The third-order valence-electron chi connectivity index (χ3n) is 10.5. The molecule has 1 aromatic rings. The van der Waals surface area contributed by atoms with Crippen LogP contribution in [0.15, 0.2) is 54.6 Å². The van der Waals surface area contributed by atoms with Gasteiger partial charge in [0.05, 0.1) is 30.1 Å². The molecule has 1 unspecified atom stereocenters. The summed E-state index contributed by atoms with van der Waals surface area (Å²) in [5.74, 6) is -2.34. The lowest BCUT2D eigenvalue weighted by Crippen LogP contribution is -2.61. The number of ether oxygens (including phenoxy) is 1. The van der Waals surface area contributed by atoms with Crippen molar-refractivity contribution < 1.29 is 24.2 Å². The maximum atomic E-state index is 14.7. The van der Waals surface area contributed by atoms with Gasteiger partial charge in [-0.25, -0.2) is 0 Å². The van der Waals surface area contributed by atoms with Crippen LogP contribution in [0.4, 0.5) is 5.69 Å². The molecule has 3 fully saturated rings. The number of fused-ring (bicyclic) bond motifs is 2. The number of anilines is 1. The molecule has 0 radical (unpaired) electrons. The van der Waals surface area contributed by atoms with E-state index in [0.29, 0.717) is 13.1 Å². The molecular formula is C33H43N3O5. The van der Waals surface area contributed by atoms with E-state index in [4.69, 9.17) is 4.74 Å². The van der Waals surface area contributed by atoms with Gasteiger partial charge in [-0.2, -0.15) is 0 Å². The second-order valence-corrected chi connectivity index (χ2v) is 12.7. The highest BCUT2D eigenvalue weighted by Gasteiger charge is 2.75. The Morgan fingerprint density at radius 2 is 1.66 bits per heavy atom. The van der Waals surface area contributed by atoms with Gasteiger partial charge in [-0.1, -0.05) is 82.0 Å². The quantitative estimate of drug-likeness (QED) is 0.535. The first kappa shape index (κ1) is 28.2. The molecule has 7 atom stereocenters. The number of nitrogens with zero attached hydrogens (tertiary/aromatic N) is 3. The molecule has 1 N–H and O–H groups in total. The van der Waals surface area contributed by atoms with Gasteiger partial charge in [0.15, 0.2) is 0 Å². The molecular weight excluding hydrogens is 518 g/mol. The molecule has 4 aliphatic heterocycles. The van der Waals surface area contributed by atoms with Gasteiger partial charge in [-0.3, -0.25) is 14.4 Å². The molecule has 6 rings (SSSR count). The number of carbonyl (C=O) groups excluding carboxylic acids is 3. The predicted octanol–water partition coefficient (Wildman–Crippen LogP) is 3.70. The maximum absolute atomic E-state index is 14.7. The van der Waals surface area contributed by atoms with Crippen molar-refractivity contribution in [2.75, 3.05) is 24.6 Å². The van der Waals surface area contributed by atoms with Gasteiger partial charge in [0.2, 0.25) is 17.7 Å². The molecule has 3 amide bonds. The van der Waals surface area contributed by atoms with Crippen molar-refractivity contribution in [1.29, 1.82) is 0 Å². The fourth-order valence-electron chi connectivity index (χ4n) is 8.21. The highest BCUT2D eigenvalue weighted by molar-refractivity contribution is 6.04. The Morgan fingerprint density at radius 1 is 0.951 bits per heavy atom. The number of aliphatic hydroxyl groups excluding tert-OH is 1. The van der Waals surface area contributed by atoms with Gasteiger partial charge < -0.3 is 24.5 Å². The number of carbonyl (C=O) groups is 3. The Hall–Kier alpha value is -2.97. The largest absolute Gasteiger partial charge is 0.394 e. The van der Waals surface area contributed by atoms with E-state index in [9.17, 15) is 19.5 Å². The van der Waals surface area contributed by atoms with Gasteiger partial charge >= 0.3 is 0 Å². The van der Waals surface area contributed by atoms with E-state index < -0.39 is 35.1 Å². The molecule has 1 saturated carbocycles. The molecule has 220 valence electrons. The summed E-state index contributed by atoms with van der Waals surface area (Å²) in [6, 6.07) is 8.11. The van der Waals surface area contributed by atoms with Crippen LogP contribution in [-0.2, 0) is 19.1 Å². The lowest BCUT2D eigenvalue weighted by molar-refractivity contribution is -0.157. The smallest absolute Gasteiger partial charge is 0.249 e. The number of hydrogen-bond acceptors (Lipinski definition) is 5. The number of hydrogen-bond donors (Lipinski definition) is 1. The van der Waals surface area contributed by atoms with E-state index in [1.165, 1.54) is 6.42 Å². The molecule has 5 aliphatic rings. The lowest BCUT2D eigenvalue weighted by Gasteiger charge is -2.43. The van der Waals surface area contributed by atoms with Crippen LogP contribution in [0.1, 0.15) is 59.3 Å². The van der Waals surface area contributed by atoms with E-state index in [0.717, 1.165) is 37.8 Å².